The molecule has 0 bridgehead atoms. The van der Waals surface area contributed by atoms with Crippen molar-refractivity contribution >= 4 is 23.7 Å². The molecular weight excluding hydrogens is 408 g/mol. The smallest absolute Gasteiger partial charge is 0.337 e. The van der Waals surface area contributed by atoms with Crippen molar-refractivity contribution in [3.8, 4) is 0 Å². The van der Waals surface area contributed by atoms with Gasteiger partial charge in [-0.25, -0.2) is 4.79 Å². The van der Waals surface area contributed by atoms with Crippen LogP contribution in [0.15, 0.2) is 23.7 Å². The highest BCUT2D eigenvalue weighted by atomic mass is 16.7. The Morgan fingerprint density at radius 3 is 2.06 bits per heavy atom. The van der Waals surface area contributed by atoms with Crippen molar-refractivity contribution in [1.82, 2.24) is 0 Å². The third-order valence-corrected chi connectivity index (χ3v) is 4.71. The van der Waals surface area contributed by atoms with Gasteiger partial charge in [-0.05, 0) is 13.8 Å². The van der Waals surface area contributed by atoms with Crippen molar-refractivity contribution in [3.05, 3.63) is 23.7 Å². The van der Waals surface area contributed by atoms with Gasteiger partial charge in [-0.15, -0.1) is 0 Å². The average Bonchev–Trinajstić information content (AvgIpc) is 2.66. The van der Waals surface area contributed by atoms with Gasteiger partial charge in [-0.2, -0.15) is 0 Å². The Morgan fingerprint density at radius 2 is 1.55 bits per heavy atom. The first-order valence-corrected chi connectivity index (χ1v) is 10.3. The summed E-state index contributed by atoms with van der Waals surface area (Å²) in [5, 5.41) is 0. The number of hydrogen-bond acceptors (Lipinski definition) is 9. The Balaban J connectivity index is 2.48. The van der Waals surface area contributed by atoms with Gasteiger partial charge >= 0.3 is 17.9 Å². The third-order valence-electron chi connectivity index (χ3n) is 4.71. The van der Waals surface area contributed by atoms with Gasteiger partial charge in [0.15, 0.2) is 11.2 Å². The predicted octanol–water partition coefficient (Wildman–Crippen LogP) is 2.58. The van der Waals surface area contributed by atoms with Gasteiger partial charge in [-0.3, -0.25) is 14.4 Å². The molecule has 0 unspecified atom stereocenters. The maximum atomic E-state index is 13.1. The van der Waals surface area contributed by atoms with Crippen molar-refractivity contribution in [2.24, 2.45) is 10.8 Å². The van der Waals surface area contributed by atoms with Crippen LogP contribution in [0.2, 0.25) is 0 Å². The standard InChI is InChI=1S/C22H30O9/c1-6-27-18(25)22(19(26)28-7-2,12-15-10-14(23)8-9-29-15)13-16-11-17(24)31-20(30-16)21(3,4)5/h10-11,20H,6-9,12-13H2,1-5H3/t20-/m1/s1. The lowest BCUT2D eigenvalue weighted by molar-refractivity contribution is -0.199. The zero-order valence-electron chi connectivity index (χ0n) is 18.6. The Labute approximate surface area is 181 Å². The monoisotopic (exact) mass is 438 g/mol. The molecule has 0 aromatic rings. The molecule has 0 aliphatic carbocycles. The summed E-state index contributed by atoms with van der Waals surface area (Å²) in [4.78, 5) is 50.2. The molecule has 1 atom stereocenters. The van der Waals surface area contributed by atoms with E-state index in [4.69, 9.17) is 23.7 Å². The van der Waals surface area contributed by atoms with Crippen LogP contribution < -0.4 is 0 Å². The minimum absolute atomic E-state index is 0.0192. The molecular formula is C22H30O9. The molecule has 0 fully saturated rings. The van der Waals surface area contributed by atoms with E-state index in [2.05, 4.69) is 0 Å². The second-order valence-electron chi connectivity index (χ2n) is 8.42. The molecule has 0 amide bonds. The van der Waals surface area contributed by atoms with Crippen LogP contribution in [-0.4, -0.2) is 49.8 Å². The molecule has 0 saturated carbocycles. The largest absolute Gasteiger partial charge is 0.497 e. The highest BCUT2D eigenvalue weighted by molar-refractivity contribution is 6.01. The van der Waals surface area contributed by atoms with E-state index >= 15 is 0 Å². The molecule has 2 rings (SSSR count). The molecule has 0 radical (unpaired) electrons. The first-order valence-electron chi connectivity index (χ1n) is 10.3. The summed E-state index contributed by atoms with van der Waals surface area (Å²) in [6, 6.07) is 0. The fraction of sp³-hybridized carbons (Fsp3) is 0.636. The minimum Gasteiger partial charge on any atom is -0.497 e. The maximum absolute atomic E-state index is 13.1. The fourth-order valence-electron chi connectivity index (χ4n) is 3.16. The van der Waals surface area contributed by atoms with Crippen LogP contribution in [0.5, 0.6) is 0 Å². The molecule has 0 spiro atoms. The van der Waals surface area contributed by atoms with Crippen molar-refractivity contribution in [3.63, 3.8) is 0 Å². The molecule has 0 N–H and O–H groups in total. The molecule has 0 saturated heterocycles. The SMILES string of the molecule is CCOC(=O)C(CC1=CC(=O)CCO1)(CC1=CC(=O)O[C@H](C(C)(C)C)O1)C(=O)OCC. The lowest BCUT2D eigenvalue weighted by Gasteiger charge is -2.36. The van der Waals surface area contributed by atoms with Gasteiger partial charge in [-0.1, -0.05) is 20.8 Å². The molecule has 31 heavy (non-hydrogen) atoms. The Bertz CT molecular complexity index is 767. The summed E-state index contributed by atoms with van der Waals surface area (Å²) in [6.45, 7) is 8.87. The Kier molecular flexibility index (Phi) is 7.86. The van der Waals surface area contributed by atoms with Gasteiger partial charge in [0.25, 0.3) is 0 Å². The lowest BCUT2D eigenvalue weighted by Crippen LogP contribution is -2.45. The van der Waals surface area contributed by atoms with E-state index < -0.39 is 35.0 Å². The van der Waals surface area contributed by atoms with Crippen LogP contribution >= 0.6 is 0 Å². The second-order valence-corrected chi connectivity index (χ2v) is 8.42. The highest BCUT2D eigenvalue weighted by Crippen LogP contribution is 2.40. The van der Waals surface area contributed by atoms with E-state index in [0.717, 1.165) is 6.08 Å². The number of esters is 3. The molecule has 0 aromatic carbocycles. The summed E-state index contributed by atoms with van der Waals surface area (Å²) < 4.78 is 27.0. The Hall–Kier alpha value is -2.84. The van der Waals surface area contributed by atoms with E-state index in [1.54, 1.807) is 13.8 Å². The number of rotatable bonds is 8. The third kappa shape index (κ3) is 6.08. The predicted molar refractivity (Wildman–Crippen MR) is 107 cm³/mol. The van der Waals surface area contributed by atoms with Crippen LogP contribution in [0.4, 0.5) is 0 Å². The van der Waals surface area contributed by atoms with Crippen LogP contribution in [0.3, 0.4) is 0 Å². The van der Waals surface area contributed by atoms with Crippen molar-refractivity contribution in [2.45, 2.75) is 60.2 Å². The molecule has 9 heteroatoms. The van der Waals surface area contributed by atoms with Crippen LogP contribution in [0.1, 0.15) is 53.9 Å². The van der Waals surface area contributed by atoms with E-state index in [9.17, 15) is 19.2 Å². The molecule has 0 aromatic heterocycles. The van der Waals surface area contributed by atoms with Crippen molar-refractivity contribution in [2.75, 3.05) is 19.8 Å². The number of carbonyl (C=O) groups excluding carboxylic acids is 4. The van der Waals surface area contributed by atoms with Gasteiger partial charge in [0.05, 0.1) is 25.9 Å². The molecule has 9 nitrogen and oxygen atoms in total. The molecule has 2 heterocycles. The summed E-state index contributed by atoms with van der Waals surface area (Å²) >= 11 is 0. The number of cyclic esters (lactones) is 1. The van der Waals surface area contributed by atoms with Gasteiger partial charge in [0.2, 0.25) is 6.29 Å². The molecule has 2 aliphatic rings. The number of ether oxygens (including phenoxy) is 5. The van der Waals surface area contributed by atoms with E-state index in [1.165, 1.54) is 6.08 Å². The first-order chi connectivity index (χ1) is 14.5. The minimum atomic E-state index is -1.90. The summed E-state index contributed by atoms with van der Waals surface area (Å²) in [5.74, 6) is -2.28. The van der Waals surface area contributed by atoms with Crippen molar-refractivity contribution < 1.29 is 42.9 Å². The first kappa shape index (κ1) is 24.4. The van der Waals surface area contributed by atoms with E-state index in [-0.39, 0.29) is 56.4 Å². The number of ketones is 1. The van der Waals surface area contributed by atoms with E-state index in [0.29, 0.717) is 0 Å². The van der Waals surface area contributed by atoms with Crippen LogP contribution in [0.25, 0.3) is 0 Å². The topological polar surface area (TPSA) is 114 Å². The second kappa shape index (κ2) is 9.98. The quantitative estimate of drug-likeness (QED) is 0.320. The molecule has 172 valence electrons. The molecule has 2 aliphatic heterocycles. The van der Waals surface area contributed by atoms with Crippen LogP contribution in [-0.2, 0) is 42.9 Å². The van der Waals surface area contributed by atoms with Crippen molar-refractivity contribution in [1.29, 1.82) is 0 Å². The average molecular weight is 438 g/mol. The summed E-state index contributed by atoms with van der Waals surface area (Å²) in [5.41, 5.74) is -2.45. The maximum Gasteiger partial charge on any atom is 0.337 e. The Morgan fingerprint density at radius 1 is 0.968 bits per heavy atom. The zero-order chi connectivity index (χ0) is 23.2. The number of carbonyl (C=O) groups is 4. The number of allylic oxidation sites excluding steroid dienone is 3. The summed E-state index contributed by atoms with van der Waals surface area (Å²) in [7, 11) is 0. The fourth-order valence-corrected chi connectivity index (χ4v) is 3.16. The van der Waals surface area contributed by atoms with Gasteiger partial charge < -0.3 is 23.7 Å². The highest BCUT2D eigenvalue weighted by Gasteiger charge is 2.52. The van der Waals surface area contributed by atoms with Crippen LogP contribution in [0, 0.1) is 10.8 Å². The lowest BCUT2D eigenvalue weighted by atomic mass is 9.78. The van der Waals surface area contributed by atoms with Gasteiger partial charge in [0, 0.05) is 30.8 Å². The van der Waals surface area contributed by atoms with Gasteiger partial charge in [0.1, 0.15) is 11.5 Å². The number of hydrogen-bond donors (Lipinski definition) is 0. The normalized spacial score (nSPS) is 19.3. The van der Waals surface area contributed by atoms with E-state index in [1.807, 2.05) is 20.8 Å². The summed E-state index contributed by atoms with van der Waals surface area (Å²) in [6.07, 6.45) is 1.07. The zero-order valence-corrected chi connectivity index (χ0v) is 18.6.